The van der Waals surface area contributed by atoms with Gasteiger partial charge in [-0.25, -0.2) is 4.79 Å². The van der Waals surface area contributed by atoms with Crippen LogP contribution >= 0.6 is 0 Å². The fourth-order valence-electron chi connectivity index (χ4n) is 2.67. The fraction of sp³-hybridized carbons (Fsp3) is 0.500. The van der Waals surface area contributed by atoms with Gasteiger partial charge in [0.2, 0.25) is 5.75 Å². The van der Waals surface area contributed by atoms with Gasteiger partial charge in [-0.2, -0.15) is 0 Å². The molecule has 2 rings (SSSR count). The van der Waals surface area contributed by atoms with E-state index in [1.165, 1.54) is 7.11 Å². The number of benzene rings is 1. The van der Waals surface area contributed by atoms with Crippen molar-refractivity contribution >= 4 is 16.9 Å². The Balaban J connectivity index is 2.44. The number of rotatable bonds is 9. The average Bonchev–Trinajstić information content (AvgIpc) is 2.65. The summed E-state index contributed by atoms with van der Waals surface area (Å²) >= 11 is 0. The zero-order chi connectivity index (χ0) is 19.1. The number of fused-ring (bicyclic) bond motifs is 1. The molecule has 142 valence electrons. The Morgan fingerprint density at radius 1 is 1.23 bits per heavy atom. The molecule has 2 aromatic rings. The molecule has 0 spiro atoms. The molecule has 0 aliphatic rings. The van der Waals surface area contributed by atoms with E-state index >= 15 is 0 Å². The lowest BCUT2D eigenvalue weighted by atomic mass is 10.1. The first-order valence-electron chi connectivity index (χ1n) is 9.14. The molecule has 0 radical (unpaired) electrons. The molecule has 1 amide bonds. The van der Waals surface area contributed by atoms with Crippen molar-refractivity contribution < 1.29 is 18.7 Å². The van der Waals surface area contributed by atoms with Crippen LogP contribution in [-0.2, 0) is 0 Å². The first-order valence-corrected chi connectivity index (χ1v) is 9.14. The van der Waals surface area contributed by atoms with Gasteiger partial charge < -0.3 is 19.2 Å². The zero-order valence-electron chi connectivity index (χ0n) is 15.9. The lowest BCUT2D eigenvalue weighted by Gasteiger charge is -2.15. The van der Waals surface area contributed by atoms with Gasteiger partial charge in [0.1, 0.15) is 5.56 Å². The molecule has 1 N–H and O–H groups in total. The monoisotopic (exact) mass is 361 g/mol. The molecule has 0 bridgehead atoms. The maximum Gasteiger partial charge on any atom is 0.349 e. The summed E-state index contributed by atoms with van der Waals surface area (Å²) in [5.41, 5.74) is -0.395. The van der Waals surface area contributed by atoms with Gasteiger partial charge in [0.05, 0.1) is 13.7 Å². The number of amides is 1. The SMILES string of the molecule is CCCCOc1c(OC)ccc2cc(C(=O)NC(CC)CC)c(=O)oc12. The van der Waals surface area contributed by atoms with Crippen molar-refractivity contribution in [2.24, 2.45) is 0 Å². The molecule has 6 nitrogen and oxygen atoms in total. The highest BCUT2D eigenvalue weighted by Gasteiger charge is 2.19. The van der Waals surface area contributed by atoms with Crippen molar-refractivity contribution in [2.75, 3.05) is 13.7 Å². The Bertz CT molecular complexity index is 808. The normalized spacial score (nSPS) is 11.0. The second kappa shape index (κ2) is 9.27. The minimum atomic E-state index is -0.686. The second-order valence-electron chi connectivity index (χ2n) is 6.15. The number of ether oxygens (including phenoxy) is 2. The Morgan fingerprint density at radius 3 is 2.58 bits per heavy atom. The fourth-order valence-corrected chi connectivity index (χ4v) is 2.67. The Kier molecular flexibility index (Phi) is 7.06. The summed E-state index contributed by atoms with van der Waals surface area (Å²) in [4.78, 5) is 24.8. The van der Waals surface area contributed by atoms with Gasteiger partial charge in [0.25, 0.3) is 5.91 Å². The topological polar surface area (TPSA) is 77.8 Å². The number of hydrogen-bond donors (Lipinski definition) is 1. The average molecular weight is 361 g/mol. The third-order valence-electron chi connectivity index (χ3n) is 4.35. The Hall–Kier alpha value is -2.50. The molecule has 0 fully saturated rings. The van der Waals surface area contributed by atoms with Crippen LogP contribution in [0.15, 0.2) is 27.4 Å². The highest BCUT2D eigenvalue weighted by Crippen LogP contribution is 2.35. The van der Waals surface area contributed by atoms with Crippen LogP contribution in [0, 0.1) is 0 Å². The van der Waals surface area contributed by atoms with E-state index in [1.54, 1.807) is 18.2 Å². The second-order valence-corrected chi connectivity index (χ2v) is 6.15. The molecule has 6 heteroatoms. The summed E-state index contributed by atoms with van der Waals surface area (Å²) in [6.07, 6.45) is 3.46. The highest BCUT2D eigenvalue weighted by molar-refractivity contribution is 5.97. The van der Waals surface area contributed by atoms with Gasteiger partial charge >= 0.3 is 5.63 Å². The maximum atomic E-state index is 12.4. The standard InChI is InChI=1S/C20H27NO5/c1-5-8-11-25-18-16(24-4)10-9-13-12-15(20(23)26-17(13)18)19(22)21-14(6-2)7-3/h9-10,12,14H,5-8,11H2,1-4H3,(H,21,22). The van der Waals surface area contributed by atoms with Crippen LogP contribution in [0.4, 0.5) is 0 Å². The minimum Gasteiger partial charge on any atom is -0.493 e. The number of hydrogen-bond acceptors (Lipinski definition) is 5. The number of nitrogens with one attached hydrogen (secondary N) is 1. The van der Waals surface area contributed by atoms with Crippen molar-refractivity contribution in [1.29, 1.82) is 0 Å². The van der Waals surface area contributed by atoms with Gasteiger partial charge in [-0.15, -0.1) is 0 Å². The lowest BCUT2D eigenvalue weighted by molar-refractivity contribution is 0.0931. The van der Waals surface area contributed by atoms with Gasteiger partial charge in [0.15, 0.2) is 11.3 Å². The van der Waals surface area contributed by atoms with E-state index in [-0.39, 0.29) is 11.6 Å². The zero-order valence-corrected chi connectivity index (χ0v) is 15.9. The lowest BCUT2D eigenvalue weighted by Crippen LogP contribution is -2.36. The third kappa shape index (κ3) is 4.36. The molecular weight excluding hydrogens is 334 g/mol. The highest BCUT2D eigenvalue weighted by atomic mass is 16.5. The van der Waals surface area contributed by atoms with Crippen LogP contribution in [0.2, 0.25) is 0 Å². The van der Waals surface area contributed by atoms with E-state index < -0.39 is 11.5 Å². The molecular formula is C20H27NO5. The number of unbranched alkanes of at least 4 members (excludes halogenated alkanes) is 1. The first-order chi connectivity index (χ1) is 12.5. The molecule has 0 saturated carbocycles. The summed E-state index contributed by atoms with van der Waals surface area (Å²) in [7, 11) is 1.53. The predicted octanol–water partition coefficient (Wildman–Crippen LogP) is 3.90. The largest absolute Gasteiger partial charge is 0.493 e. The number of carbonyl (C=O) groups is 1. The maximum absolute atomic E-state index is 12.4. The minimum absolute atomic E-state index is 0.00549. The van der Waals surface area contributed by atoms with Crippen molar-refractivity contribution in [3.8, 4) is 11.5 Å². The van der Waals surface area contributed by atoms with Crippen molar-refractivity contribution in [2.45, 2.75) is 52.5 Å². The van der Waals surface area contributed by atoms with Crippen LogP contribution in [0.5, 0.6) is 11.5 Å². The van der Waals surface area contributed by atoms with Gasteiger partial charge in [0, 0.05) is 11.4 Å². The van der Waals surface area contributed by atoms with Crippen molar-refractivity contribution in [3.63, 3.8) is 0 Å². The summed E-state index contributed by atoms with van der Waals surface area (Å²) < 4.78 is 16.5. The van der Waals surface area contributed by atoms with Crippen LogP contribution in [-0.4, -0.2) is 25.7 Å². The Labute approximate surface area is 153 Å². The molecule has 0 unspecified atom stereocenters. The smallest absolute Gasteiger partial charge is 0.349 e. The van der Waals surface area contributed by atoms with Crippen LogP contribution in [0.25, 0.3) is 11.0 Å². The first kappa shape index (κ1) is 19.8. The molecule has 1 aromatic carbocycles. The summed E-state index contributed by atoms with van der Waals surface area (Å²) in [5.74, 6) is 0.465. The predicted molar refractivity (Wildman–Crippen MR) is 101 cm³/mol. The molecule has 0 aliphatic carbocycles. The van der Waals surface area contributed by atoms with Crippen molar-refractivity contribution in [3.05, 3.63) is 34.2 Å². The van der Waals surface area contributed by atoms with Crippen LogP contribution < -0.4 is 20.4 Å². The van der Waals surface area contributed by atoms with Crippen LogP contribution in [0.1, 0.15) is 56.8 Å². The summed E-state index contributed by atoms with van der Waals surface area (Å²) in [6.45, 7) is 6.54. The quantitative estimate of drug-likeness (QED) is 0.541. The van der Waals surface area contributed by atoms with Gasteiger partial charge in [-0.3, -0.25) is 4.79 Å². The molecule has 0 aliphatic heterocycles. The van der Waals surface area contributed by atoms with E-state index in [4.69, 9.17) is 13.9 Å². The molecule has 26 heavy (non-hydrogen) atoms. The molecule has 0 atom stereocenters. The van der Waals surface area contributed by atoms with Gasteiger partial charge in [-0.05, 0) is 37.5 Å². The van der Waals surface area contributed by atoms with E-state index in [2.05, 4.69) is 12.2 Å². The summed E-state index contributed by atoms with van der Waals surface area (Å²) in [5, 5.41) is 3.48. The van der Waals surface area contributed by atoms with Gasteiger partial charge in [-0.1, -0.05) is 27.2 Å². The van der Waals surface area contributed by atoms with E-state index in [0.29, 0.717) is 29.1 Å². The molecule has 1 heterocycles. The Morgan fingerprint density at radius 2 is 1.96 bits per heavy atom. The van der Waals surface area contributed by atoms with Crippen molar-refractivity contribution in [1.82, 2.24) is 5.32 Å². The van der Waals surface area contributed by atoms with E-state index in [9.17, 15) is 9.59 Å². The van der Waals surface area contributed by atoms with E-state index in [1.807, 2.05) is 13.8 Å². The van der Waals surface area contributed by atoms with Crippen LogP contribution in [0.3, 0.4) is 0 Å². The third-order valence-corrected chi connectivity index (χ3v) is 4.35. The molecule has 0 saturated heterocycles. The number of methoxy groups -OCH3 is 1. The molecule has 1 aromatic heterocycles. The number of carbonyl (C=O) groups excluding carboxylic acids is 1. The summed E-state index contributed by atoms with van der Waals surface area (Å²) in [6, 6.07) is 5.07. The van der Waals surface area contributed by atoms with E-state index in [0.717, 1.165) is 25.7 Å².